The van der Waals surface area contributed by atoms with Gasteiger partial charge in [-0.15, -0.1) is 0 Å². The molecule has 0 aromatic heterocycles. The quantitative estimate of drug-likeness (QED) is 0.383. The van der Waals surface area contributed by atoms with Gasteiger partial charge in [-0.05, 0) is 48.4 Å². The molecule has 0 bridgehead atoms. The number of hydrogen-bond donors (Lipinski definition) is 3. The largest absolute Gasteiger partial charge is 0.463 e. The first-order valence-corrected chi connectivity index (χ1v) is 9.39. The van der Waals surface area contributed by atoms with Crippen LogP contribution in [0.3, 0.4) is 0 Å². The van der Waals surface area contributed by atoms with E-state index < -0.39 is 21.9 Å². The smallest absolute Gasteiger partial charge is 0.330 e. The van der Waals surface area contributed by atoms with E-state index in [1.165, 1.54) is 42.5 Å². The van der Waals surface area contributed by atoms with Crippen molar-refractivity contribution in [3.63, 3.8) is 0 Å². The van der Waals surface area contributed by atoms with Crippen LogP contribution in [0.5, 0.6) is 0 Å². The second kappa shape index (κ2) is 8.02. The van der Waals surface area contributed by atoms with Gasteiger partial charge in [-0.3, -0.25) is 4.79 Å². The Hall–Kier alpha value is -3.17. The molecule has 2 aromatic rings. The van der Waals surface area contributed by atoms with Crippen molar-refractivity contribution in [3.05, 3.63) is 53.6 Å². The van der Waals surface area contributed by atoms with Crippen LogP contribution in [0.25, 0.3) is 17.2 Å². The highest BCUT2D eigenvalue weighted by molar-refractivity contribution is 7.89. The molecule has 0 aliphatic carbocycles. The van der Waals surface area contributed by atoms with Crippen molar-refractivity contribution in [1.29, 1.82) is 0 Å². The summed E-state index contributed by atoms with van der Waals surface area (Å²) < 4.78 is 27.6. The number of esters is 1. The Labute approximate surface area is 156 Å². The van der Waals surface area contributed by atoms with E-state index in [0.29, 0.717) is 16.7 Å². The lowest BCUT2D eigenvalue weighted by Crippen LogP contribution is -2.14. The number of primary sulfonamides is 1. The number of benzene rings is 2. The third-order valence-electron chi connectivity index (χ3n) is 3.66. The summed E-state index contributed by atoms with van der Waals surface area (Å²) in [4.78, 5) is 23.2. The summed E-state index contributed by atoms with van der Waals surface area (Å²) in [7, 11) is -3.83. The second-order valence-corrected chi connectivity index (χ2v) is 7.11. The number of amides is 1. The van der Waals surface area contributed by atoms with E-state index in [1.54, 1.807) is 13.0 Å². The van der Waals surface area contributed by atoms with Crippen molar-refractivity contribution in [1.82, 2.24) is 0 Å². The van der Waals surface area contributed by atoms with Gasteiger partial charge in [0.2, 0.25) is 10.0 Å². The molecule has 0 saturated heterocycles. The molecule has 2 rings (SSSR count). The van der Waals surface area contributed by atoms with Crippen LogP contribution in [-0.4, -0.2) is 26.9 Å². The number of hydrogen-bond acceptors (Lipinski definition) is 6. The molecule has 142 valence electrons. The van der Waals surface area contributed by atoms with Gasteiger partial charge in [0.05, 0.1) is 22.8 Å². The zero-order valence-electron chi connectivity index (χ0n) is 14.5. The Balaban J connectivity index is 2.55. The van der Waals surface area contributed by atoms with Crippen molar-refractivity contribution in [2.45, 2.75) is 11.8 Å². The molecule has 2 aromatic carbocycles. The van der Waals surface area contributed by atoms with Crippen LogP contribution in [0.1, 0.15) is 22.8 Å². The Kier molecular flexibility index (Phi) is 5.98. The van der Waals surface area contributed by atoms with Gasteiger partial charge in [0.15, 0.2) is 0 Å². The summed E-state index contributed by atoms with van der Waals surface area (Å²) in [6.45, 7) is 1.92. The lowest BCUT2D eigenvalue weighted by atomic mass is 9.96. The molecule has 6 N–H and O–H groups in total. The molecule has 27 heavy (non-hydrogen) atoms. The van der Waals surface area contributed by atoms with E-state index in [1.807, 2.05) is 0 Å². The lowest BCUT2D eigenvalue weighted by Gasteiger charge is -2.12. The van der Waals surface area contributed by atoms with E-state index in [2.05, 4.69) is 0 Å². The topological polar surface area (TPSA) is 156 Å². The zero-order chi connectivity index (χ0) is 20.2. The Morgan fingerprint density at radius 1 is 1.15 bits per heavy atom. The summed E-state index contributed by atoms with van der Waals surface area (Å²) in [6.07, 6.45) is 2.68. The molecule has 9 heteroatoms. The number of sulfonamides is 1. The Morgan fingerprint density at radius 2 is 1.78 bits per heavy atom. The van der Waals surface area contributed by atoms with Crippen LogP contribution < -0.4 is 16.6 Å². The van der Waals surface area contributed by atoms with Crippen LogP contribution in [0, 0.1) is 0 Å². The number of ether oxygens (including phenoxy) is 1. The maximum Gasteiger partial charge on any atom is 0.330 e. The minimum absolute atomic E-state index is 0.0571. The summed E-state index contributed by atoms with van der Waals surface area (Å²) in [5, 5.41) is 5.09. The number of anilines is 1. The molecular formula is C18H19N3O5S. The third-order valence-corrected chi connectivity index (χ3v) is 4.59. The summed E-state index contributed by atoms with van der Waals surface area (Å²) >= 11 is 0. The highest BCUT2D eigenvalue weighted by Crippen LogP contribution is 2.31. The maximum absolute atomic E-state index is 11.7. The van der Waals surface area contributed by atoms with Gasteiger partial charge in [-0.2, -0.15) is 0 Å². The maximum atomic E-state index is 11.7. The molecule has 0 unspecified atom stereocenters. The minimum atomic E-state index is -3.83. The lowest BCUT2D eigenvalue weighted by molar-refractivity contribution is -0.137. The number of carbonyl (C=O) groups excluding carboxylic acids is 2. The summed E-state index contributed by atoms with van der Waals surface area (Å²) in [5.74, 6) is -1.27. The number of nitrogens with two attached hydrogens (primary N) is 3. The normalized spacial score (nSPS) is 11.5. The summed E-state index contributed by atoms with van der Waals surface area (Å²) in [6, 6.07) is 8.77. The molecule has 0 atom stereocenters. The van der Waals surface area contributed by atoms with Crippen molar-refractivity contribution in [2.24, 2.45) is 10.9 Å². The minimum Gasteiger partial charge on any atom is -0.463 e. The van der Waals surface area contributed by atoms with Gasteiger partial charge in [0.25, 0.3) is 5.91 Å². The van der Waals surface area contributed by atoms with Gasteiger partial charge >= 0.3 is 5.97 Å². The molecule has 0 spiro atoms. The Morgan fingerprint density at radius 3 is 2.30 bits per heavy atom. The molecular weight excluding hydrogens is 370 g/mol. The van der Waals surface area contributed by atoms with Gasteiger partial charge in [-0.1, -0.05) is 12.1 Å². The van der Waals surface area contributed by atoms with E-state index in [-0.39, 0.29) is 22.8 Å². The highest BCUT2D eigenvalue weighted by Gasteiger charge is 2.14. The average molecular weight is 389 g/mol. The fourth-order valence-corrected chi connectivity index (χ4v) is 2.91. The number of carbonyl (C=O) groups is 2. The molecule has 8 nitrogen and oxygen atoms in total. The van der Waals surface area contributed by atoms with Crippen LogP contribution >= 0.6 is 0 Å². The van der Waals surface area contributed by atoms with Gasteiger partial charge in [0.1, 0.15) is 0 Å². The van der Waals surface area contributed by atoms with Gasteiger partial charge in [0, 0.05) is 11.6 Å². The van der Waals surface area contributed by atoms with E-state index in [4.69, 9.17) is 21.3 Å². The van der Waals surface area contributed by atoms with E-state index in [9.17, 15) is 18.0 Å². The molecule has 0 heterocycles. The van der Waals surface area contributed by atoms with Crippen LogP contribution in [0.4, 0.5) is 5.69 Å². The fraction of sp³-hybridized carbons (Fsp3) is 0.111. The number of nitrogen functional groups attached to an aromatic ring is 1. The number of primary amides is 1. The van der Waals surface area contributed by atoms with Crippen molar-refractivity contribution < 1.29 is 22.7 Å². The van der Waals surface area contributed by atoms with Gasteiger partial charge < -0.3 is 16.2 Å². The fourth-order valence-electron chi connectivity index (χ4n) is 2.39. The standard InChI is InChI=1S/C18H19N3O5S/c1-2-26-16(22)8-3-11-9-14(17(19)15(10-11)18(20)23)12-4-6-13(7-5-12)27(21,24)25/h3-10H,2,19H2,1H3,(H2,20,23)(H2,21,24,25)/b8-3+. The zero-order valence-corrected chi connectivity index (χ0v) is 15.3. The molecule has 0 aliphatic rings. The van der Waals surface area contributed by atoms with Gasteiger partial charge in [-0.25, -0.2) is 18.4 Å². The first-order valence-electron chi connectivity index (χ1n) is 7.85. The van der Waals surface area contributed by atoms with Crippen molar-refractivity contribution in [3.8, 4) is 11.1 Å². The predicted molar refractivity (Wildman–Crippen MR) is 102 cm³/mol. The average Bonchev–Trinajstić information content (AvgIpc) is 2.60. The third kappa shape index (κ3) is 4.93. The molecule has 0 radical (unpaired) electrons. The molecule has 0 aliphatic heterocycles. The number of rotatable bonds is 6. The summed E-state index contributed by atoms with van der Waals surface area (Å²) in [5.41, 5.74) is 13.2. The molecule has 0 saturated carbocycles. The second-order valence-electron chi connectivity index (χ2n) is 5.55. The first kappa shape index (κ1) is 20.1. The van der Waals surface area contributed by atoms with Crippen molar-refractivity contribution in [2.75, 3.05) is 12.3 Å². The van der Waals surface area contributed by atoms with E-state index >= 15 is 0 Å². The van der Waals surface area contributed by atoms with E-state index in [0.717, 1.165) is 0 Å². The first-order chi connectivity index (χ1) is 12.6. The molecule has 1 amide bonds. The van der Waals surface area contributed by atoms with Crippen molar-refractivity contribution >= 4 is 33.7 Å². The van der Waals surface area contributed by atoms with Crippen LogP contribution in [0.2, 0.25) is 0 Å². The Bertz CT molecular complexity index is 1010. The monoisotopic (exact) mass is 389 g/mol. The van der Waals surface area contributed by atoms with Crippen LogP contribution in [0.15, 0.2) is 47.4 Å². The molecule has 0 fully saturated rings. The highest BCUT2D eigenvalue weighted by atomic mass is 32.2. The predicted octanol–water partition coefficient (Wildman–Crippen LogP) is 1.26. The van der Waals surface area contributed by atoms with Crippen LogP contribution in [-0.2, 0) is 19.6 Å². The SMILES string of the molecule is CCOC(=O)/C=C/c1cc(C(N)=O)c(N)c(-c2ccc(S(N)(=O)=O)cc2)c1.